The average Bonchev–Trinajstić information content (AvgIpc) is 3.42. The van der Waals surface area contributed by atoms with Gasteiger partial charge in [0.2, 0.25) is 5.91 Å². The fourth-order valence-electron chi connectivity index (χ4n) is 5.56. The maximum Gasteiger partial charge on any atom is 0.341 e. The third-order valence-electron chi connectivity index (χ3n) is 8.02. The molecule has 3 N–H and O–H groups in total. The fourth-order valence-corrected chi connectivity index (χ4v) is 8.27. The van der Waals surface area contributed by atoms with Gasteiger partial charge in [-0.15, -0.1) is 23.1 Å². The number of rotatable bonds is 11. The Labute approximate surface area is 303 Å². The van der Waals surface area contributed by atoms with Crippen LogP contribution in [-0.4, -0.2) is 36.1 Å². The molecule has 0 saturated carbocycles. The maximum absolute atomic E-state index is 13.6. The zero-order valence-electron chi connectivity index (χ0n) is 27.3. The van der Waals surface area contributed by atoms with Crippen LogP contribution in [0.4, 0.5) is 10.7 Å². The second-order valence-corrected chi connectivity index (χ2v) is 14.8. The minimum absolute atomic E-state index is 0.0716. The number of thioether (sulfide) groups is 1. The molecule has 1 heterocycles. The summed E-state index contributed by atoms with van der Waals surface area (Å²) >= 11 is 6.31. The molecule has 8 nitrogen and oxygen atoms in total. The summed E-state index contributed by atoms with van der Waals surface area (Å²) in [4.78, 5) is 55.0. The Kier molecular flexibility index (Phi) is 12.9. The molecule has 1 aliphatic carbocycles. The lowest BCUT2D eigenvalue weighted by molar-refractivity contribution is -0.116. The first-order valence-electron chi connectivity index (χ1n) is 16.2. The average molecular weight is 761 g/mol. The number of carbonyl (C=O) groups excluding carboxylic acids is 4. The number of esters is 1. The Morgan fingerprint density at radius 3 is 2.41 bits per heavy atom. The van der Waals surface area contributed by atoms with E-state index in [1.165, 1.54) is 30.2 Å². The molecule has 11 heteroatoms. The van der Waals surface area contributed by atoms with Crippen molar-refractivity contribution in [2.24, 2.45) is 0 Å². The number of carbonyl (C=O) groups is 4. The molecule has 0 saturated heterocycles. The molecule has 1 aliphatic rings. The number of anilines is 2. The molecule has 0 bridgehead atoms. The molecule has 3 aromatic carbocycles. The van der Waals surface area contributed by atoms with E-state index in [1.54, 1.807) is 48.5 Å². The summed E-state index contributed by atoms with van der Waals surface area (Å²) < 4.78 is 5.96. The lowest BCUT2D eigenvalue weighted by Gasteiger charge is -2.16. The normalized spacial score (nSPS) is 13.7. The van der Waals surface area contributed by atoms with Crippen LogP contribution in [0.3, 0.4) is 0 Å². The molecule has 254 valence electrons. The van der Waals surface area contributed by atoms with Crippen LogP contribution in [0.15, 0.2) is 93.9 Å². The van der Waals surface area contributed by atoms with Crippen molar-refractivity contribution in [3.8, 4) is 0 Å². The number of ether oxygens (including phenoxy) is 1. The van der Waals surface area contributed by atoms with Gasteiger partial charge in [0.1, 0.15) is 10.7 Å². The molecule has 5 rings (SSSR count). The van der Waals surface area contributed by atoms with E-state index in [0.29, 0.717) is 28.2 Å². The molecule has 1 unspecified atom stereocenters. The summed E-state index contributed by atoms with van der Waals surface area (Å²) in [7, 11) is 1.37. The Balaban J connectivity index is 1.32. The van der Waals surface area contributed by atoms with Gasteiger partial charge in [0.15, 0.2) is 0 Å². The monoisotopic (exact) mass is 759 g/mol. The Bertz CT molecular complexity index is 1860. The first-order valence-corrected chi connectivity index (χ1v) is 18.7. The van der Waals surface area contributed by atoms with Crippen LogP contribution in [-0.2, 0) is 27.2 Å². The highest BCUT2D eigenvalue weighted by Gasteiger charge is 2.28. The van der Waals surface area contributed by atoms with Crippen molar-refractivity contribution >= 4 is 79.5 Å². The standard InChI is InChI=1S/C38H38BrN3O5S2/c1-3-31(36(45)42-37-33(38(46)47-2)29-19-9-4-5-10-20-32(29)49-37)48-28-18-12-17-27(23-28)40-35(44)30(22-24-13-11-16-26(39)21-24)41-34(43)25-14-7-6-8-15-25/h6-8,11-18,21-23,31H,3-5,9-10,19-20H2,1-2H3,(H,40,44)(H,41,43)(H,42,45)/b30-22+. The van der Waals surface area contributed by atoms with Crippen molar-refractivity contribution in [1.82, 2.24) is 5.32 Å². The van der Waals surface area contributed by atoms with E-state index in [2.05, 4.69) is 31.9 Å². The molecule has 0 radical (unpaired) electrons. The maximum atomic E-state index is 13.6. The van der Waals surface area contributed by atoms with E-state index in [0.717, 1.165) is 63.9 Å². The highest BCUT2D eigenvalue weighted by molar-refractivity contribution is 9.10. The summed E-state index contributed by atoms with van der Waals surface area (Å²) in [6.07, 6.45) is 8.18. The number of fused-ring (bicyclic) bond motifs is 1. The molecule has 0 spiro atoms. The number of halogens is 1. The minimum atomic E-state index is -0.500. The predicted octanol–water partition coefficient (Wildman–Crippen LogP) is 8.88. The zero-order valence-corrected chi connectivity index (χ0v) is 30.6. The molecule has 1 aromatic heterocycles. The van der Waals surface area contributed by atoms with Crippen molar-refractivity contribution < 1.29 is 23.9 Å². The van der Waals surface area contributed by atoms with Crippen LogP contribution in [0.25, 0.3) is 6.08 Å². The number of methoxy groups -OCH3 is 1. The van der Waals surface area contributed by atoms with Crippen molar-refractivity contribution in [2.75, 3.05) is 17.7 Å². The second kappa shape index (κ2) is 17.5. The van der Waals surface area contributed by atoms with Gasteiger partial charge in [0.25, 0.3) is 11.8 Å². The smallest absolute Gasteiger partial charge is 0.341 e. The van der Waals surface area contributed by atoms with E-state index < -0.39 is 23.0 Å². The van der Waals surface area contributed by atoms with Gasteiger partial charge in [0.05, 0.1) is 17.9 Å². The van der Waals surface area contributed by atoms with Gasteiger partial charge in [-0.2, -0.15) is 0 Å². The van der Waals surface area contributed by atoms with Gasteiger partial charge >= 0.3 is 5.97 Å². The number of hydrogen-bond donors (Lipinski definition) is 3. The third-order valence-corrected chi connectivity index (χ3v) is 11.1. The minimum Gasteiger partial charge on any atom is -0.465 e. The first kappa shape index (κ1) is 36.1. The lowest BCUT2D eigenvalue weighted by atomic mass is 9.96. The molecule has 0 fully saturated rings. The van der Waals surface area contributed by atoms with E-state index in [1.807, 2.05) is 43.3 Å². The number of hydrogen-bond acceptors (Lipinski definition) is 7. The van der Waals surface area contributed by atoms with Gasteiger partial charge in [0, 0.05) is 25.5 Å². The van der Waals surface area contributed by atoms with Gasteiger partial charge in [-0.25, -0.2) is 4.79 Å². The molecule has 3 amide bonds. The van der Waals surface area contributed by atoms with Crippen molar-refractivity contribution in [2.45, 2.75) is 62.0 Å². The van der Waals surface area contributed by atoms with E-state index in [4.69, 9.17) is 4.74 Å². The Hall–Kier alpha value is -4.19. The summed E-state index contributed by atoms with van der Waals surface area (Å²) in [5.74, 6) is -1.54. The SMILES string of the molecule is CCC(Sc1cccc(NC(=O)/C(=C\c2cccc(Br)c2)NC(=O)c2ccccc2)c1)C(=O)Nc1sc2c(c1C(=O)OC)CCCCCC2. The predicted molar refractivity (Wildman–Crippen MR) is 201 cm³/mol. The molecular weight excluding hydrogens is 722 g/mol. The van der Waals surface area contributed by atoms with Gasteiger partial charge in [-0.05, 0) is 91.8 Å². The summed E-state index contributed by atoms with van der Waals surface area (Å²) in [5.41, 5.74) is 3.21. The first-order chi connectivity index (χ1) is 23.7. The highest BCUT2D eigenvalue weighted by atomic mass is 79.9. The summed E-state index contributed by atoms with van der Waals surface area (Å²) in [5, 5.41) is 8.80. The molecule has 4 aromatic rings. The Morgan fingerprint density at radius 1 is 0.918 bits per heavy atom. The zero-order chi connectivity index (χ0) is 34.8. The van der Waals surface area contributed by atoms with Gasteiger partial charge < -0.3 is 20.7 Å². The number of amides is 3. The van der Waals surface area contributed by atoms with Crippen molar-refractivity contribution in [1.29, 1.82) is 0 Å². The number of thiophene rings is 1. The summed E-state index contributed by atoms with van der Waals surface area (Å²) in [6.45, 7) is 1.94. The molecule has 1 atom stereocenters. The van der Waals surface area contributed by atoms with Crippen LogP contribution in [0.1, 0.15) is 75.7 Å². The van der Waals surface area contributed by atoms with Gasteiger partial charge in [-0.1, -0.05) is 72.1 Å². The number of nitrogens with one attached hydrogen (secondary N) is 3. The fraction of sp³-hybridized carbons (Fsp3) is 0.263. The Morgan fingerprint density at radius 2 is 1.67 bits per heavy atom. The topological polar surface area (TPSA) is 114 Å². The van der Waals surface area contributed by atoms with Crippen LogP contribution in [0.2, 0.25) is 0 Å². The largest absolute Gasteiger partial charge is 0.465 e. The lowest BCUT2D eigenvalue weighted by Crippen LogP contribution is -2.30. The van der Waals surface area contributed by atoms with E-state index in [-0.39, 0.29) is 11.6 Å². The second-order valence-electron chi connectivity index (χ2n) is 11.5. The van der Waals surface area contributed by atoms with Crippen LogP contribution in [0, 0.1) is 0 Å². The quantitative estimate of drug-likeness (QED) is 0.0800. The van der Waals surface area contributed by atoms with E-state index in [9.17, 15) is 19.2 Å². The van der Waals surface area contributed by atoms with Crippen molar-refractivity contribution in [3.05, 3.63) is 116 Å². The van der Waals surface area contributed by atoms with Crippen LogP contribution in [0.5, 0.6) is 0 Å². The van der Waals surface area contributed by atoms with Crippen LogP contribution >= 0.6 is 39.0 Å². The molecule has 0 aliphatic heterocycles. The summed E-state index contributed by atoms with van der Waals surface area (Å²) in [6, 6.07) is 23.3. The third kappa shape index (κ3) is 9.71. The van der Waals surface area contributed by atoms with E-state index >= 15 is 0 Å². The number of benzene rings is 3. The molecular formula is C38H38BrN3O5S2. The van der Waals surface area contributed by atoms with Crippen molar-refractivity contribution in [3.63, 3.8) is 0 Å². The van der Waals surface area contributed by atoms with Gasteiger partial charge in [-0.3, -0.25) is 14.4 Å². The number of aryl methyl sites for hydroxylation is 1. The highest BCUT2D eigenvalue weighted by Crippen LogP contribution is 2.38. The molecule has 49 heavy (non-hydrogen) atoms. The van der Waals surface area contributed by atoms with Crippen LogP contribution < -0.4 is 16.0 Å².